The first kappa shape index (κ1) is 10.4. The van der Waals surface area contributed by atoms with Crippen molar-refractivity contribution in [1.29, 1.82) is 0 Å². The van der Waals surface area contributed by atoms with Crippen molar-refractivity contribution in [3.63, 3.8) is 0 Å². The fourth-order valence-electron chi connectivity index (χ4n) is 0.887. The van der Waals surface area contributed by atoms with E-state index in [2.05, 4.69) is 9.57 Å². The van der Waals surface area contributed by atoms with Crippen molar-refractivity contribution in [3.8, 4) is 0 Å². The number of hydrogen-bond donors (Lipinski definition) is 0. The molecule has 1 aliphatic rings. The minimum absolute atomic E-state index is 0.0166. The van der Waals surface area contributed by atoms with Crippen molar-refractivity contribution in [2.45, 2.75) is 26.1 Å². The van der Waals surface area contributed by atoms with Gasteiger partial charge < -0.3 is 4.74 Å². The molecule has 0 radical (unpaired) electrons. The first-order valence-corrected chi connectivity index (χ1v) is 3.89. The highest BCUT2D eigenvalue weighted by atomic mass is 19.1. The summed E-state index contributed by atoms with van der Waals surface area (Å²) in [6.07, 6.45) is -3.30. The third-order valence-corrected chi connectivity index (χ3v) is 1.43. The van der Waals surface area contributed by atoms with E-state index in [1.165, 1.54) is 0 Å². The van der Waals surface area contributed by atoms with Gasteiger partial charge in [0.1, 0.15) is 0 Å². The summed E-state index contributed by atoms with van der Waals surface area (Å²) in [4.78, 5) is 36.6. The molecular weight excluding hydrogens is 197 g/mol. The Hall–Kier alpha value is -1.66. The predicted molar refractivity (Wildman–Crippen MR) is 39.2 cm³/mol. The summed E-state index contributed by atoms with van der Waals surface area (Å²) in [5, 5.41) is 0.282. The van der Waals surface area contributed by atoms with Gasteiger partial charge in [0.15, 0.2) is 0 Å². The maximum atomic E-state index is 12.1. The van der Waals surface area contributed by atoms with Crippen LogP contribution >= 0.6 is 0 Å². The molecule has 6 nitrogen and oxygen atoms in total. The topological polar surface area (TPSA) is 72.9 Å². The predicted octanol–water partition coefficient (Wildman–Crippen LogP) is 0.519. The minimum atomic E-state index is -1.85. The number of carbonyl (C=O) groups excluding carboxylic acids is 3. The molecule has 78 valence electrons. The van der Waals surface area contributed by atoms with Crippen molar-refractivity contribution in [1.82, 2.24) is 5.06 Å². The first-order valence-electron chi connectivity index (χ1n) is 3.89. The van der Waals surface area contributed by atoms with E-state index >= 15 is 0 Å². The van der Waals surface area contributed by atoms with E-state index in [-0.39, 0.29) is 17.9 Å². The van der Waals surface area contributed by atoms with Crippen LogP contribution in [0, 0.1) is 0 Å². The van der Waals surface area contributed by atoms with Gasteiger partial charge in [-0.25, -0.2) is 9.18 Å². The van der Waals surface area contributed by atoms with E-state index in [0.717, 1.165) is 6.92 Å². The Bertz CT molecular complexity index is 261. The molecule has 0 aliphatic carbocycles. The highest BCUT2D eigenvalue weighted by Crippen LogP contribution is 2.12. The second kappa shape index (κ2) is 4.03. The number of nitrogens with zero attached hydrogens (tertiary/aromatic N) is 1. The van der Waals surface area contributed by atoms with Crippen LogP contribution in [0.2, 0.25) is 0 Å². The Morgan fingerprint density at radius 3 is 2.36 bits per heavy atom. The number of rotatable bonds is 2. The van der Waals surface area contributed by atoms with Gasteiger partial charge in [0.25, 0.3) is 11.8 Å². The van der Waals surface area contributed by atoms with Gasteiger partial charge in [0.05, 0.1) is 0 Å². The molecule has 0 saturated carbocycles. The van der Waals surface area contributed by atoms with Crippen LogP contribution in [-0.2, 0) is 19.2 Å². The van der Waals surface area contributed by atoms with Crippen molar-refractivity contribution in [3.05, 3.63) is 0 Å². The molecule has 2 amide bonds. The van der Waals surface area contributed by atoms with E-state index in [1.807, 2.05) is 0 Å². The van der Waals surface area contributed by atoms with Gasteiger partial charge in [-0.3, -0.25) is 14.4 Å². The van der Waals surface area contributed by atoms with E-state index in [0.29, 0.717) is 0 Å². The number of hydroxylamine groups is 2. The molecule has 0 bridgehead atoms. The molecule has 0 N–H and O–H groups in total. The molecule has 1 unspecified atom stereocenters. The van der Waals surface area contributed by atoms with Gasteiger partial charge in [0, 0.05) is 19.8 Å². The van der Waals surface area contributed by atoms with Crippen molar-refractivity contribution < 1.29 is 28.3 Å². The molecule has 0 aromatic carbocycles. The van der Waals surface area contributed by atoms with Crippen LogP contribution in [0.15, 0.2) is 0 Å². The number of amides is 2. The number of hydrogen-bond acceptors (Lipinski definition) is 5. The Morgan fingerprint density at radius 2 is 1.93 bits per heavy atom. The second-order valence-corrected chi connectivity index (χ2v) is 2.58. The van der Waals surface area contributed by atoms with Crippen LogP contribution in [0.25, 0.3) is 0 Å². The van der Waals surface area contributed by atoms with Crippen molar-refractivity contribution >= 4 is 18.0 Å². The lowest BCUT2D eigenvalue weighted by molar-refractivity contribution is -0.180. The van der Waals surface area contributed by atoms with E-state index in [1.54, 1.807) is 0 Å². The van der Waals surface area contributed by atoms with Crippen LogP contribution in [0.4, 0.5) is 9.18 Å². The Labute approximate surface area is 78.5 Å². The van der Waals surface area contributed by atoms with Gasteiger partial charge >= 0.3 is 6.16 Å². The fraction of sp³-hybridized carbons (Fsp3) is 0.571. The maximum Gasteiger partial charge on any atom is 0.536 e. The molecule has 7 heteroatoms. The fourth-order valence-corrected chi connectivity index (χ4v) is 0.887. The molecule has 1 atom stereocenters. The summed E-state index contributed by atoms with van der Waals surface area (Å²) in [5.41, 5.74) is 0. The molecule has 0 aromatic rings. The third-order valence-electron chi connectivity index (χ3n) is 1.43. The van der Waals surface area contributed by atoms with Crippen LogP contribution in [0.3, 0.4) is 0 Å². The zero-order chi connectivity index (χ0) is 10.7. The monoisotopic (exact) mass is 205 g/mol. The number of halogens is 1. The Balaban J connectivity index is 2.47. The lowest BCUT2D eigenvalue weighted by atomic mass is 10.4. The first-order chi connectivity index (χ1) is 6.50. The summed E-state index contributed by atoms with van der Waals surface area (Å²) in [6, 6.07) is 0. The quantitative estimate of drug-likeness (QED) is 0.485. The molecule has 1 fully saturated rings. The van der Waals surface area contributed by atoms with E-state index in [4.69, 9.17) is 0 Å². The van der Waals surface area contributed by atoms with Gasteiger partial charge in [-0.05, 0) is 0 Å². The maximum absolute atomic E-state index is 12.1. The second-order valence-electron chi connectivity index (χ2n) is 2.58. The SMILES string of the molecule is CC(F)OC(=O)ON1C(=O)CCC1=O. The summed E-state index contributed by atoms with van der Waals surface area (Å²) in [6.45, 7) is 0.967. The lowest BCUT2D eigenvalue weighted by Crippen LogP contribution is -2.32. The zero-order valence-electron chi connectivity index (χ0n) is 7.36. The van der Waals surface area contributed by atoms with E-state index < -0.39 is 24.3 Å². The lowest BCUT2D eigenvalue weighted by Gasteiger charge is -2.12. The number of carbonyl (C=O) groups is 3. The van der Waals surface area contributed by atoms with Crippen LogP contribution in [-0.4, -0.2) is 29.4 Å². The number of alkyl halides is 1. The molecule has 0 spiro atoms. The van der Waals surface area contributed by atoms with Gasteiger partial charge in [0.2, 0.25) is 6.36 Å². The van der Waals surface area contributed by atoms with Gasteiger partial charge in [-0.15, -0.1) is 0 Å². The van der Waals surface area contributed by atoms with Gasteiger partial charge in [-0.2, -0.15) is 0 Å². The van der Waals surface area contributed by atoms with Crippen LogP contribution < -0.4 is 0 Å². The summed E-state index contributed by atoms with van der Waals surface area (Å²) in [5.74, 6) is -1.28. The Morgan fingerprint density at radius 1 is 1.43 bits per heavy atom. The molecule has 1 saturated heterocycles. The van der Waals surface area contributed by atoms with Crippen LogP contribution in [0.5, 0.6) is 0 Å². The average molecular weight is 205 g/mol. The van der Waals surface area contributed by atoms with Gasteiger partial charge in [-0.1, -0.05) is 5.06 Å². The largest absolute Gasteiger partial charge is 0.536 e. The highest BCUT2D eigenvalue weighted by Gasteiger charge is 2.33. The molecule has 0 aromatic heterocycles. The number of ether oxygens (including phenoxy) is 1. The third kappa shape index (κ3) is 2.41. The number of imide groups is 1. The summed E-state index contributed by atoms with van der Waals surface area (Å²) < 4.78 is 16.0. The van der Waals surface area contributed by atoms with Crippen molar-refractivity contribution in [2.24, 2.45) is 0 Å². The molecular formula is C7H8FNO5. The zero-order valence-corrected chi connectivity index (χ0v) is 7.36. The molecule has 1 rings (SSSR count). The summed E-state index contributed by atoms with van der Waals surface area (Å²) in [7, 11) is 0. The van der Waals surface area contributed by atoms with Crippen molar-refractivity contribution in [2.75, 3.05) is 0 Å². The standard InChI is InChI=1S/C7H8FNO5/c1-4(8)13-7(12)14-9-5(10)2-3-6(9)11/h4H,2-3H2,1H3. The molecule has 1 aliphatic heterocycles. The summed E-state index contributed by atoms with van der Waals surface area (Å²) >= 11 is 0. The van der Waals surface area contributed by atoms with E-state index in [9.17, 15) is 18.8 Å². The average Bonchev–Trinajstić information content (AvgIpc) is 2.34. The minimum Gasteiger partial charge on any atom is -0.398 e. The van der Waals surface area contributed by atoms with Crippen LogP contribution in [0.1, 0.15) is 19.8 Å². The smallest absolute Gasteiger partial charge is 0.398 e. The molecule has 14 heavy (non-hydrogen) atoms. The molecule has 1 heterocycles. The normalized spacial score (nSPS) is 18.3. The Kier molecular flexibility index (Phi) is 3.00. The highest BCUT2D eigenvalue weighted by molar-refractivity contribution is 6.01.